The summed E-state index contributed by atoms with van der Waals surface area (Å²) in [5.41, 5.74) is 1.26. The van der Waals surface area contributed by atoms with E-state index in [1.807, 2.05) is 60.0 Å². The normalized spacial score (nSPS) is 10.5. The van der Waals surface area contributed by atoms with Gasteiger partial charge >= 0.3 is 11.9 Å². The Hall–Kier alpha value is -3.41. The average molecular weight is 461 g/mol. The highest BCUT2D eigenvalue weighted by Crippen LogP contribution is 2.31. The molecule has 3 aromatic rings. The van der Waals surface area contributed by atoms with Crippen LogP contribution in [0.3, 0.4) is 0 Å². The summed E-state index contributed by atoms with van der Waals surface area (Å²) in [4.78, 5) is 34.4. The van der Waals surface area contributed by atoms with Gasteiger partial charge in [0.25, 0.3) is 0 Å². The monoisotopic (exact) mass is 460 g/mol. The van der Waals surface area contributed by atoms with Gasteiger partial charge < -0.3 is 20.2 Å². The van der Waals surface area contributed by atoms with E-state index < -0.39 is 11.9 Å². The van der Waals surface area contributed by atoms with Crippen molar-refractivity contribution in [3.63, 3.8) is 0 Å². The van der Waals surface area contributed by atoms with Crippen molar-refractivity contribution in [1.82, 2.24) is 19.7 Å². The first-order valence-corrected chi connectivity index (χ1v) is 10.4. The van der Waals surface area contributed by atoms with Crippen LogP contribution in [0.25, 0.3) is 5.00 Å². The first kappa shape index (κ1) is 24.9. The SMILES string of the molecule is CCc1cc(C(=O)c2ccccc2)c(-n2c(CO)nnc2CN(C)C)s1.O=C(O)C(=O)O. The number of carbonyl (C=O) groups excluding carboxylic acids is 1. The van der Waals surface area contributed by atoms with Gasteiger partial charge in [0.15, 0.2) is 17.4 Å². The molecule has 0 bridgehead atoms. The number of thiophene rings is 1. The van der Waals surface area contributed by atoms with Crippen molar-refractivity contribution in [1.29, 1.82) is 0 Å². The number of carboxylic acid groups (broad SMARTS) is 2. The van der Waals surface area contributed by atoms with Crippen molar-refractivity contribution in [2.24, 2.45) is 0 Å². The van der Waals surface area contributed by atoms with Crippen molar-refractivity contribution >= 4 is 29.1 Å². The highest BCUT2D eigenvalue weighted by Gasteiger charge is 2.23. The first-order valence-electron chi connectivity index (χ1n) is 9.57. The van der Waals surface area contributed by atoms with Gasteiger partial charge in [-0.2, -0.15) is 0 Å². The van der Waals surface area contributed by atoms with Gasteiger partial charge in [-0.05, 0) is 26.6 Å². The number of ketones is 1. The molecule has 11 heteroatoms. The van der Waals surface area contributed by atoms with Crippen LogP contribution in [0.15, 0.2) is 36.4 Å². The van der Waals surface area contributed by atoms with Crippen LogP contribution < -0.4 is 0 Å². The molecule has 2 heterocycles. The Morgan fingerprint density at radius 3 is 2.12 bits per heavy atom. The van der Waals surface area contributed by atoms with Gasteiger partial charge in [-0.1, -0.05) is 37.3 Å². The second kappa shape index (κ2) is 11.3. The van der Waals surface area contributed by atoms with Crippen molar-refractivity contribution in [2.75, 3.05) is 14.1 Å². The molecule has 0 fully saturated rings. The number of hydrogen-bond acceptors (Lipinski definition) is 8. The molecule has 0 saturated carbocycles. The molecule has 0 aliphatic carbocycles. The van der Waals surface area contributed by atoms with Gasteiger partial charge in [0, 0.05) is 10.4 Å². The number of aromatic nitrogens is 3. The zero-order valence-electron chi connectivity index (χ0n) is 17.8. The summed E-state index contributed by atoms with van der Waals surface area (Å²) >= 11 is 1.54. The van der Waals surface area contributed by atoms with Crippen LogP contribution in [0.5, 0.6) is 0 Å². The van der Waals surface area contributed by atoms with E-state index in [0.717, 1.165) is 16.3 Å². The van der Waals surface area contributed by atoms with E-state index in [9.17, 15) is 9.90 Å². The van der Waals surface area contributed by atoms with Crippen LogP contribution in [-0.2, 0) is 29.2 Å². The predicted octanol–water partition coefficient (Wildman–Crippen LogP) is 1.83. The highest BCUT2D eigenvalue weighted by molar-refractivity contribution is 7.15. The number of aliphatic hydroxyl groups is 1. The van der Waals surface area contributed by atoms with E-state index in [4.69, 9.17) is 19.8 Å². The molecule has 0 aliphatic heterocycles. The molecule has 0 amide bonds. The third-order valence-electron chi connectivity index (χ3n) is 4.17. The molecule has 3 rings (SSSR count). The second-order valence-corrected chi connectivity index (χ2v) is 7.97. The molecule has 32 heavy (non-hydrogen) atoms. The fourth-order valence-corrected chi connectivity index (χ4v) is 3.89. The maximum absolute atomic E-state index is 13.1. The maximum atomic E-state index is 13.1. The summed E-state index contributed by atoms with van der Waals surface area (Å²) in [5, 5.41) is 33.6. The number of rotatable bonds is 7. The van der Waals surface area contributed by atoms with E-state index >= 15 is 0 Å². The number of hydrogen-bond donors (Lipinski definition) is 3. The lowest BCUT2D eigenvalue weighted by molar-refractivity contribution is -0.159. The number of aliphatic carboxylic acids is 2. The largest absolute Gasteiger partial charge is 0.473 e. The maximum Gasteiger partial charge on any atom is 0.414 e. The Morgan fingerprint density at radius 1 is 1.03 bits per heavy atom. The molecule has 0 radical (unpaired) electrons. The number of nitrogens with zero attached hydrogens (tertiary/aromatic N) is 4. The number of aliphatic hydroxyl groups excluding tert-OH is 1. The van der Waals surface area contributed by atoms with E-state index in [2.05, 4.69) is 17.1 Å². The molecule has 0 aliphatic rings. The van der Waals surface area contributed by atoms with Crippen LogP contribution in [0.4, 0.5) is 0 Å². The van der Waals surface area contributed by atoms with E-state index in [1.165, 1.54) is 0 Å². The zero-order chi connectivity index (χ0) is 23.8. The molecule has 2 aromatic heterocycles. The summed E-state index contributed by atoms with van der Waals surface area (Å²) in [7, 11) is 3.89. The van der Waals surface area contributed by atoms with Crippen LogP contribution in [0.1, 0.15) is 39.4 Å². The molecule has 0 unspecified atom stereocenters. The molecule has 0 atom stereocenters. The van der Waals surface area contributed by atoms with E-state index in [-0.39, 0.29) is 12.4 Å². The molecule has 0 saturated heterocycles. The van der Waals surface area contributed by atoms with Gasteiger partial charge in [-0.15, -0.1) is 21.5 Å². The first-order chi connectivity index (χ1) is 15.2. The van der Waals surface area contributed by atoms with Gasteiger partial charge in [-0.3, -0.25) is 9.36 Å². The number of carbonyl (C=O) groups is 3. The Kier molecular flexibility index (Phi) is 8.76. The zero-order valence-corrected chi connectivity index (χ0v) is 18.7. The number of carboxylic acids is 2. The second-order valence-electron chi connectivity index (χ2n) is 6.85. The molecule has 3 N–H and O–H groups in total. The minimum atomic E-state index is -1.82. The average Bonchev–Trinajstić information content (AvgIpc) is 3.37. The minimum absolute atomic E-state index is 0.0371. The molecule has 1 aromatic carbocycles. The van der Waals surface area contributed by atoms with Crippen molar-refractivity contribution in [3.8, 4) is 5.00 Å². The molecule has 0 spiro atoms. The van der Waals surface area contributed by atoms with E-state index in [1.54, 1.807) is 11.3 Å². The standard InChI is InChI=1S/C19H22N4O2S.C2H2O4/c1-4-14-10-15(18(25)13-8-6-5-7-9-13)19(26-14)23-16(11-22(2)3)20-21-17(23)12-24;3-1(4)2(5)6/h5-10,24H,4,11-12H2,1-3H3;(H,3,4)(H,5,6). The lowest BCUT2D eigenvalue weighted by Gasteiger charge is -2.13. The van der Waals surface area contributed by atoms with Crippen molar-refractivity contribution in [3.05, 3.63) is 64.1 Å². The number of aryl methyl sites for hydroxylation is 1. The van der Waals surface area contributed by atoms with Gasteiger partial charge in [0.1, 0.15) is 11.6 Å². The van der Waals surface area contributed by atoms with Crippen molar-refractivity contribution in [2.45, 2.75) is 26.5 Å². The summed E-state index contributed by atoms with van der Waals surface area (Å²) in [6.07, 6.45) is 0.833. The Labute approximate surface area is 188 Å². The fraction of sp³-hybridized carbons (Fsp3) is 0.286. The van der Waals surface area contributed by atoms with Crippen LogP contribution >= 0.6 is 11.3 Å². The van der Waals surface area contributed by atoms with Crippen LogP contribution in [-0.4, -0.2) is 66.8 Å². The number of benzene rings is 1. The fourth-order valence-electron chi connectivity index (χ4n) is 2.76. The van der Waals surface area contributed by atoms with E-state index in [0.29, 0.717) is 29.3 Å². The Bertz CT molecular complexity index is 1080. The molecule has 170 valence electrons. The van der Waals surface area contributed by atoms with Crippen molar-refractivity contribution < 1.29 is 29.7 Å². The van der Waals surface area contributed by atoms with Crippen LogP contribution in [0.2, 0.25) is 0 Å². The van der Waals surface area contributed by atoms with Crippen LogP contribution in [0, 0.1) is 0 Å². The van der Waals surface area contributed by atoms with Gasteiger partial charge in [0.05, 0.1) is 12.1 Å². The quantitative estimate of drug-likeness (QED) is 0.355. The highest BCUT2D eigenvalue weighted by atomic mass is 32.1. The lowest BCUT2D eigenvalue weighted by atomic mass is 10.0. The summed E-state index contributed by atoms with van der Waals surface area (Å²) < 4.78 is 1.82. The smallest absolute Gasteiger partial charge is 0.414 e. The summed E-state index contributed by atoms with van der Waals surface area (Å²) in [5.74, 6) is -2.55. The Balaban J connectivity index is 0.000000534. The molecular formula is C21H24N4O6S. The molecule has 10 nitrogen and oxygen atoms in total. The third kappa shape index (κ3) is 6.06. The van der Waals surface area contributed by atoms with Gasteiger partial charge in [-0.25, -0.2) is 9.59 Å². The predicted molar refractivity (Wildman–Crippen MR) is 117 cm³/mol. The summed E-state index contributed by atoms with van der Waals surface area (Å²) in [6, 6.07) is 11.2. The lowest BCUT2D eigenvalue weighted by Crippen LogP contribution is -2.16. The Morgan fingerprint density at radius 2 is 1.62 bits per heavy atom. The minimum Gasteiger partial charge on any atom is -0.473 e. The van der Waals surface area contributed by atoms with Gasteiger partial charge in [0.2, 0.25) is 0 Å². The summed E-state index contributed by atoms with van der Waals surface area (Å²) in [6.45, 7) is 2.39. The third-order valence-corrected chi connectivity index (χ3v) is 5.44. The molecular weight excluding hydrogens is 436 g/mol. The topological polar surface area (TPSA) is 146 Å².